The van der Waals surface area contributed by atoms with Gasteiger partial charge in [0, 0.05) is 0 Å². The maximum Gasteiger partial charge on any atom is 0.256 e. The summed E-state index contributed by atoms with van der Waals surface area (Å²) in [5, 5.41) is 0.418. The number of hydrogen-bond acceptors (Lipinski definition) is 5. The number of aryl methyl sites for hydroxylation is 1. The smallest absolute Gasteiger partial charge is 0.256 e. The Morgan fingerprint density at radius 3 is 2.95 bits per heavy atom. The van der Waals surface area contributed by atoms with E-state index in [0.717, 1.165) is 17.5 Å². The predicted octanol–water partition coefficient (Wildman–Crippen LogP) is 3.11. The average molecular weight is 281 g/mol. The van der Waals surface area contributed by atoms with E-state index in [1.165, 1.54) is 31.6 Å². The number of nitrogens with zero attached hydrogens (tertiary/aromatic N) is 1. The molecule has 0 bridgehead atoms. The molecule has 4 nitrogen and oxygen atoms in total. The Balaban J connectivity index is 2.09. The third kappa shape index (κ3) is 3.35. The van der Waals surface area contributed by atoms with Crippen molar-refractivity contribution in [2.24, 2.45) is 0 Å². The first kappa shape index (κ1) is 13.6. The van der Waals surface area contributed by atoms with Gasteiger partial charge in [-0.2, -0.15) is 0 Å². The van der Waals surface area contributed by atoms with Crippen LogP contribution in [0, 0.1) is 12.7 Å². The van der Waals surface area contributed by atoms with Crippen LogP contribution in [0.2, 0.25) is 0 Å². The summed E-state index contributed by atoms with van der Waals surface area (Å²) < 4.78 is 23.3. The number of aromatic nitrogens is 1. The summed E-state index contributed by atoms with van der Waals surface area (Å²) in [6, 6.07) is 3.85. The van der Waals surface area contributed by atoms with Crippen molar-refractivity contribution in [1.82, 2.24) is 4.98 Å². The number of ether oxygens (including phenoxy) is 1. The van der Waals surface area contributed by atoms with Gasteiger partial charge in [-0.1, -0.05) is 11.8 Å². The Kier molecular flexibility index (Phi) is 4.21. The first-order chi connectivity index (χ1) is 9.10. The van der Waals surface area contributed by atoms with Crippen LogP contribution in [0.4, 0.5) is 4.39 Å². The number of benzene rings is 1. The van der Waals surface area contributed by atoms with Crippen LogP contribution >= 0.6 is 11.8 Å². The molecule has 0 N–H and O–H groups in total. The second-order valence-corrected chi connectivity index (χ2v) is 4.74. The number of halogens is 1. The first-order valence-corrected chi connectivity index (χ1v) is 6.50. The first-order valence-electron chi connectivity index (χ1n) is 5.52. The van der Waals surface area contributed by atoms with E-state index < -0.39 is 5.82 Å². The Morgan fingerprint density at radius 1 is 1.53 bits per heavy atom. The van der Waals surface area contributed by atoms with E-state index in [1.54, 1.807) is 6.92 Å². The van der Waals surface area contributed by atoms with Gasteiger partial charge in [-0.15, -0.1) is 0 Å². The number of rotatable bonds is 5. The molecule has 0 amide bonds. The van der Waals surface area contributed by atoms with Gasteiger partial charge in [0.05, 0.1) is 24.1 Å². The van der Waals surface area contributed by atoms with Crippen molar-refractivity contribution in [3.05, 3.63) is 41.5 Å². The normalized spacial score (nSPS) is 10.5. The molecular formula is C13H12FNO3S. The molecule has 19 heavy (non-hydrogen) atoms. The molecule has 0 unspecified atom stereocenters. The number of carbonyl (C=O) groups excluding carboxylic acids is 1. The van der Waals surface area contributed by atoms with Gasteiger partial charge < -0.3 is 9.15 Å². The van der Waals surface area contributed by atoms with Gasteiger partial charge in [0.1, 0.15) is 17.8 Å². The highest BCUT2D eigenvalue weighted by molar-refractivity contribution is 7.99. The summed E-state index contributed by atoms with van der Waals surface area (Å²) in [5.74, 6) is -0.242. The SMILES string of the molecule is COc1ccc(F)cc1C(=O)CSc1nc(C)co1. The van der Waals surface area contributed by atoms with Crippen LogP contribution in [-0.4, -0.2) is 23.6 Å². The van der Waals surface area contributed by atoms with Gasteiger partial charge in [-0.25, -0.2) is 9.37 Å². The molecule has 0 saturated carbocycles. The highest BCUT2D eigenvalue weighted by atomic mass is 32.2. The van der Waals surface area contributed by atoms with Crippen molar-refractivity contribution >= 4 is 17.5 Å². The highest BCUT2D eigenvalue weighted by Gasteiger charge is 2.15. The topological polar surface area (TPSA) is 52.3 Å². The molecule has 0 aliphatic rings. The van der Waals surface area contributed by atoms with Crippen LogP contribution in [0.3, 0.4) is 0 Å². The van der Waals surface area contributed by atoms with E-state index >= 15 is 0 Å². The molecule has 0 spiro atoms. The zero-order valence-corrected chi connectivity index (χ0v) is 11.3. The fourth-order valence-electron chi connectivity index (χ4n) is 1.50. The van der Waals surface area contributed by atoms with E-state index in [-0.39, 0.29) is 17.1 Å². The number of ketones is 1. The molecule has 1 aromatic carbocycles. The summed E-state index contributed by atoms with van der Waals surface area (Å²) in [4.78, 5) is 16.1. The number of hydrogen-bond donors (Lipinski definition) is 0. The van der Waals surface area contributed by atoms with Crippen LogP contribution < -0.4 is 4.74 Å². The Morgan fingerprint density at radius 2 is 2.32 bits per heavy atom. The number of carbonyl (C=O) groups is 1. The lowest BCUT2D eigenvalue weighted by molar-refractivity contribution is 0.101. The predicted molar refractivity (Wildman–Crippen MR) is 69.2 cm³/mol. The van der Waals surface area contributed by atoms with Crippen molar-refractivity contribution in [2.75, 3.05) is 12.9 Å². The van der Waals surface area contributed by atoms with E-state index in [9.17, 15) is 9.18 Å². The van der Waals surface area contributed by atoms with Crippen LogP contribution in [-0.2, 0) is 0 Å². The van der Waals surface area contributed by atoms with Crippen LogP contribution in [0.15, 0.2) is 34.1 Å². The minimum atomic E-state index is -0.471. The number of thioether (sulfide) groups is 1. The molecule has 0 saturated heterocycles. The minimum absolute atomic E-state index is 0.111. The molecule has 1 aromatic heterocycles. The largest absolute Gasteiger partial charge is 0.496 e. The third-order valence-corrected chi connectivity index (χ3v) is 3.23. The van der Waals surface area contributed by atoms with Crippen LogP contribution in [0.1, 0.15) is 16.1 Å². The third-order valence-electron chi connectivity index (χ3n) is 2.39. The summed E-state index contributed by atoms with van der Waals surface area (Å²) in [7, 11) is 1.44. The van der Waals surface area contributed by atoms with Crippen molar-refractivity contribution in [3.8, 4) is 5.75 Å². The van der Waals surface area contributed by atoms with Crippen LogP contribution in [0.25, 0.3) is 0 Å². The van der Waals surface area contributed by atoms with Gasteiger partial charge in [-0.05, 0) is 25.1 Å². The summed E-state index contributed by atoms with van der Waals surface area (Å²) in [6.07, 6.45) is 1.51. The van der Waals surface area contributed by atoms with Gasteiger partial charge in [-0.3, -0.25) is 4.79 Å². The lowest BCUT2D eigenvalue weighted by Crippen LogP contribution is -2.05. The maximum atomic E-state index is 13.2. The van der Waals surface area contributed by atoms with Gasteiger partial charge in [0.15, 0.2) is 5.78 Å². The fourth-order valence-corrected chi connectivity index (χ4v) is 2.24. The van der Waals surface area contributed by atoms with E-state index in [2.05, 4.69) is 4.98 Å². The lowest BCUT2D eigenvalue weighted by atomic mass is 10.1. The Bertz CT molecular complexity index is 597. The maximum absolute atomic E-state index is 13.2. The molecule has 2 rings (SSSR count). The molecule has 0 aliphatic heterocycles. The van der Waals surface area contributed by atoms with E-state index in [1.807, 2.05) is 0 Å². The summed E-state index contributed by atoms with van der Waals surface area (Å²) in [6.45, 7) is 1.80. The van der Waals surface area contributed by atoms with Gasteiger partial charge >= 0.3 is 0 Å². The molecule has 0 fully saturated rings. The zero-order chi connectivity index (χ0) is 13.8. The van der Waals surface area contributed by atoms with Crippen molar-refractivity contribution < 1.29 is 18.3 Å². The van der Waals surface area contributed by atoms with E-state index in [4.69, 9.17) is 9.15 Å². The van der Waals surface area contributed by atoms with Gasteiger partial charge in [0.2, 0.25) is 0 Å². The van der Waals surface area contributed by atoms with Gasteiger partial charge in [0.25, 0.3) is 5.22 Å². The summed E-state index contributed by atoms with van der Waals surface area (Å²) in [5.41, 5.74) is 0.969. The highest BCUT2D eigenvalue weighted by Crippen LogP contribution is 2.23. The molecule has 2 aromatic rings. The second-order valence-electron chi connectivity index (χ2n) is 3.81. The average Bonchev–Trinajstić information content (AvgIpc) is 2.81. The monoisotopic (exact) mass is 281 g/mol. The lowest BCUT2D eigenvalue weighted by Gasteiger charge is -2.06. The van der Waals surface area contributed by atoms with Crippen molar-refractivity contribution in [2.45, 2.75) is 12.1 Å². The fraction of sp³-hybridized carbons (Fsp3) is 0.231. The minimum Gasteiger partial charge on any atom is -0.496 e. The number of oxazole rings is 1. The number of methoxy groups -OCH3 is 1. The van der Waals surface area contributed by atoms with E-state index in [0.29, 0.717) is 11.0 Å². The standard InChI is InChI=1S/C13H12FNO3S/c1-8-6-18-13(15-8)19-7-11(16)10-5-9(14)3-4-12(10)17-2/h3-6H,7H2,1-2H3. The summed E-state index contributed by atoms with van der Waals surface area (Å²) >= 11 is 1.16. The van der Waals surface area contributed by atoms with Crippen LogP contribution in [0.5, 0.6) is 5.75 Å². The zero-order valence-electron chi connectivity index (χ0n) is 10.5. The molecule has 0 atom stereocenters. The molecule has 1 heterocycles. The Labute approximate surface area is 114 Å². The quantitative estimate of drug-likeness (QED) is 0.622. The molecule has 0 aliphatic carbocycles. The second kappa shape index (κ2) is 5.88. The number of Topliss-reactive ketones (excluding diaryl/α,β-unsaturated/α-hetero) is 1. The van der Waals surface area contributed by atoms with Crippen molar-refractivity contribution in [1.29, 1.82) is 0 Å². The Hall–Kier alpha value is -1.82. The molecular weight excluding hydrogens is 269 g/mol. The molecule has 0 radical (unpaired) electrons. The van der Waals surface area contributed by atoms with Crippen molar-refractivity contribution in [3.63, 3.8) is 0 Å². The molecule has 6 heteroatoms. The molecule has 100 valence electrons.